The molecule has 1 atom stereocenters. The standard InChI is InChI=1S/C18H24ClNO5/c1-11(21)12(9-10-15(22)24-5)13-7-6-8-14(19)16(13)20-17(23)25-18(2,3)4/h6-8,12H,9-10H2,1-5H3,(H,20,23). The molecule has 138 valence electrons. The molecule has 1 N–H and O–H groups in total. The van der Waals surface area contributed by atoms with Gasteiger partial charge < -0.3 is 9.47 Å². The topological polar surface area (TPSA) is 81.7 Å². The molecule has 0 heterocycles. The Morgan fingerprint density at radius 1 is 1.24 bits per heavy atom. The van der Waals surface area contributed by atoms with Crippen molar-refractivity contribution >= 4 is 35.1 Å². The zero-order valence-corrected chi connectivity index (χ0v) is 15.9. The molecule has 1 unspecified atom stereocenters. The van der Waals surface area contributed by atoms with Crippen molar-refractivity contribution in [2.24, 2.45) is 0 Å². The molecule has 0 aliphatic carbocycles. The lowest BCUT2D eigenvalue weighted by atomic mass is 9.89. The summed E-state index contributed by atoms with van der Waals surface area (Å²) in [5.41, 5.74) is 0.175. The Morgan fingerprint density at radius 3 is 2.40 bits per heavy atom. The average Bonchev–Trinajstić information content (AvgIpc) is 2.48. The fourth-order valence-electron chi connectivity index (χ4n) is 2.31. The van der Waals surface area contributed by atoms with E-state index in [1.807, 2.05) is 0 Å². The second kappa shape index (κ2) is 8.85. The van der Waals surface area contributed by atoms with Crippen LogP contribution < -0.4 is 5.32 Å². The first-order valence-corrected chi connectivity index (χ1v) is 8.28. The minimum Gasteiger partial charge on any atom is -0.469 e. The lowest BCUT2D eigenvalue weighted by Gasteiger charge is -2.22. The van der Waals surface area contributed by atoms with Crippen LogP contribution in [-0.4, -0.2) is 30.6 Å². The molecule has 0 radical (unpaired) electrons. The molecule has 0 aromatic heterocycles. The van der Waals surface area contributed by atoms with Crippen LogP contribution in [0.2, 0.25) is 5.02 Å². The van der Waals surface area contributed by atoms with E-state index < -0.39 is 23.6 Å². The summed E-state index contributed by atoms with van der Waals surface area (Å²) in [6.45, 7) is 6.67. The quantitative estimate of drug-likeness (QED) is 0.755. The van der Waals surface area contributed by atoms with Crippen molar-refractivity contribution in [3.8, 4) is 0 Å². The van der Waals surface area contributed by atoms with Gasteiger partial charge in [0.1, 0.15) is 11.4 Å². The summed E-state index contributed by atoms with van der Waals surface area (Å²) in [6, 6.07) is 4.99. The second-order valence-corrected chi connectivity index (χ2v) is 7.02. The largest absolute Gasteiger partial charge is 0.469 e. The van der Waals surface area contributed by atoms with Gasteiger partial charge in [-0.05, 0) is 45.7 Å². The molecule has 0 saturated heterocycles. The Hall–Kier alpha value is -2.08. The number of hydrogen-bond acceptors (Lipinski definition) is 5. The van der Waals surface area contributed by atoms with Gasteiger partial charge in [-0.25, -0.2) is 4.79 Å². The van der Waals surface area contributed by atoms with Crippen LogP contribution >= 0.6 is 11.6 Å². The number of Topliss-reactive ketones (excluding diaryl/α,β-unsaturated/α-hetero) is 1. The number of benzene rings is 1. The molecule has 0 bridgehead atoms. The summed E-state index contributed by atoms with van der Waals surface area (Å²) in [5.74, 6) is -1.14. The Morgan fingerprint density at radius 2 is 1.88 bits per heavy atom. The van der Waals surface area contributed by atoms with Crippen LogP contribution in [0.25, 0.3) is 0 Å². The lowest BCUT2D eigenvalue weighted by molar-refractivity contribution is -0.140. The number of methoxy groups -OCH3 is 1. The molecular weight excluding hydrogens is 346 g/mol. The first-order chi connectivity index (χ1) is 11.5. The number of hydrogen-bond donors (Lipinski definition) is 1. The van der Waals surface area contributed by atoms with E-state index in [9.17, 15) is 14.4 Å². The highest BCUT2D eigenvalue weighted by molar-refractivity contribution is 6.34. The molecule has 6 nitrogen and oxygen atoms in total. The van der Waals surface area contributed by atoms with Gasteiger partial charge in [-0.15, -0.1) is 0 Å². The van der Waals surface area contributed by atoms with E-state index in [1.54, 1.807) is 39.0 Å². The highest BCUT2D eigenvalue weighted by atomic mass is 35.5. The van der Waals surface area contributed by atoms with Crippen molar-refractivity contribution in [1.82, 2.24) is 0 Å². The van der Waals surface area contributed by atoms with E-state index in [2.05, 4.69) is 10.1 Å². The van der Waals surface area contributed by atoms with Gasteiger partial charge in [-0.1, -0.05) is 23.7 Å². The molecule has 1 aromatic rings. The fourth-order valence-corrected chi connectivity index (χ4v) is 2.54. The SMILES string of the molecule is COC(=O)CCC(C(C)=O)c1cccc(Cl)c1NC(=O)OC(C)(C)C. The van der Waals surface area contributed by atoms with E-state index in [0.29, 0.717) is 11.3 Å². The number of rotatable bonds is 6. The van der Waals surface area contributed by atoms with Crippen molar-refractivity contribution in [1.29, 1.82) is 0 Å². The maximum atomic E-state index is 12.1. The van der Waals surface area contributed by atoms with Crippen LogP contribution in [0.1, 0.15) is 52.0 Å². The predicted molar refractivity (Wildman–Crippen MR) is 96.0 cm³/mol. The van der Waals surface area contributed by atoms with Gasteiger partial charge in [-0.2, -0.15) is 0 Å². The van der Waals surface area contributed by atoms with Gasteiger partial charge in [0.25, 0.3) is 0 Å². The number of amides is 1. The average molecular weight is 370 g/mol. The van der Waals surface area contributed by atoms with E-state index >= 15 is 0 Å². The first kappa shape index (κ1) is 21.0. The van der Waals surface area contributed by atoms with Gasteiger partial charge in [0.2, 0.25) is 0 Å². The van der Waals surface area contributed by atoms with Crippen LogP contribution in [0.4, 0.5) is 10.5 Å². The van der Waals surface area contributed by atoms with Crippen LogP contribution in [-0.2, 0) is 19.1 Å². The number of halogens is 1. The highest BCUT2D eigenvalue weighted by Gasteiger charge is 2.25. The number of esters is 1. The molecule has 0 aliphatic rings. The van der Waals surface area contributed by atoms with Crippen LogP contribution in [0.15, 0.2) is 18.2 Å². The zero-order valence-electron chi connectivity index (χ0n) is 15.1. The molecule has 1 rings (SSSR count). The molecule has 1 amide bonds. The number of nitrogens with one attached hydrogen (secondary N) is 1. The molecule has 7 heteroatoms. The Kier molecular flexibility index (Phi) is 7.42. The fraction of sp³-hybridized carbons (Fsp3) is 0.500. The van der Waals surface area contributed by atoms with E-state index in [0.717, 1.165) is 0 Å². The summed E-state index contributed by atoms with van der Waals surface area (Å²) in [5, 5.41) is 2.90. The molecular formula is C18H24ClNO5. The number of ketones is 1. The number of ether oxygens (including phenoxy) is 2. The van der Waals surface area contributed by atoms with Gasteiger partial charge >= 0.3 is 12.1 Å². The predicted octanol–water partition coefficient (Wildman–Crippen LogP) is 4.31. The van der Waals surface area contributed by atoms with Gasteiger partial charge in [-0.3, -0.25) is 14.9 Å². The number of carbonyl (C=O) groups is 3. The summed E-state index contributed by atoms with van der Waals surface area (Å²) in [7, 11) is 1.29. The highest BCUT2D eigenvalue weighted by Crippen LogP contribution is 2.34. The van der Waals surface area contributed by atoms with Crippen molar-refractivity contribution in [3.63, 3.8) is 0 Å². The maximum Gasteiger partial charge on any atom is 0.412 e. The number of para-hydroxylation sites is 1. The Balaban J connectivity index is 3.12. The summed E-state index contributed by atoms with van der Waals surface area (Å²) >= 11 is 6.21. The molecule has 0 fully saturated rings. The third-order valence-corrected chi connectivity index (χ3v) is 3.72. The molecule has 0 aliphatic heterocycles. The van der Waals surface area contributed by atoms with Gasteiger partial charge in [0.05, 0.1) is 17.8 Å². The maximum absolute atomic E-state index is 12.1. The lowest BCUT2D eigenvalue weighted by Crippen LogP contribution is -2.28. The van der Waals surface area contributed by atoms with E-state index in [-0.39, 0.29) is 23.6 Å². The minimum absolute atomic E-state index is 0.0825. The minimum atomic E-state index is -0.670. The second-order valence-electron chi connectivity index (χ2n) is 6.61. The molecule has 0 saturated carbocycles. The normalized spacial score (nSPS) is 12.2. The van der Waals surface area contributed by atoms with Gasteiger partial charge in [0.15, 0.2) is 0 Å². The zero-order chi connectivity index (χ0) is 19.2. The smallest absolute Gasteiger partial charge is 0.412 e. The van der Waals surface area contributed by atoms with Crippen LogP contribution in [0.5, 0.6) is 0 Å². The Labute approximate surface area is 152 Å². The van der Waals surface area contributed by atoms with Gasteiger partial charge in [0, 0.05) is 12.3 Å². The summed E-state index contributed by atoms with van der Waals surface area (Å²) in [4.78, 5) is 35.6. The molecule has 25 heavy (non-hydrogen) atoms. The third kappa shape index (κ3) is 6.74. The molecule has 1 aromatic carbocycles. The van der Waals surface area contributed by atoms with Crippen LogP contribution in [0, 0.1) is 0 Å². The van der Waals surface area contributed by atoms with Crippen molar-refractivity contribution in [2.45, 2.75) is 52.1 Å². The van der Waals surface area contributed by atoms with Crippen molar-refractivity contribution < 1.29 is 23.9 Å². The summed E-state index contributed by atoms with van der Waals surface area (Å²) in [6.07, 6.45) is -0.332. The van der Waals surface area contributed by atoms with Crippen molar-refractivity contribution in [2.75, 3.05) is 12.4 Å². The number of anilines is 1. The van der Waals surface area contributed by atoms with Crippen LogP contribution in [0.3, 0.4) is 0 Å². The first-order valence-electron chi connectivity index (χ1n) is 7.91. The van der Waals surface area contributed by atoms with E-state index in [4.69, 9.17) is 16.3 Å². The Bertz CT molecular complexity index is 651. The summed E-state index contributed by atoms with van der Waals surface area (Å²) < 4.78 is 9.86. The van der Waals surface area contributed by atoms with E-state index in [1.165, 1.54) is 14.0 Å². The monoisotopic (exact) mass is 369 g/mol. The molecule has 0 spiro atoms. The third-order valence-electron chi connectivity index (χ3n) is 3.40. The number of carbonyl (C=O) groups excluding carboxylic acids is 3. The van der Waals surface area contributed by atoms with Crippen molar-refractivity contribution in [3.05, 3.63) is 28.8 Å².